The summed E-state index contributed by atoms with van der Waals surface area (Å²) in [4.78, 5) is 12.2. The molecule has 7 nitrogen and oxygen atoms in total. The Morgan fingerprint density at radius 1 is 1.32 bits per heavy atom. The fourth-order valence-corrected chi connectivity index (χ4v) is 2.32. The van der Waals surface area contributed by atoms with Crippen molar-refractivity contribution < 1.29 is 22.3 Å². The van der Waals surface area contributed by atoms with Gasteiger partial charge in [0.1, 0.15) is 23.9 Å². The highest BCUT2D eigenvalue weighted by atomic mass is 35.5. The molecule has 28 heavy (non-hydrogen) atoms. The Morgan fingerprint density at radius 3 is 2.64 bits per heavy atom. The number of ether oxygens (including phenoxy) is 1. The third-order valence-electron chi connectivity index (χ3n) is 3.56. The summed E-state index contributed by atoms with van der Waals surface area (Å²) in [6, 6.07) is 0.781. The van der Waals surface area contributed by atoms with Crippen LogP contribution in [-0.2, 0) is 12.7 Å². The number of oxazole rings is 1. The lowest BCUT2D eigenvalue weighted by Crippen LogP contribution is -2.39. The number of halogens is 4. The van der Waals surface area contributed by atoms with E-state index in [-0.39, 0.29) is 24.1 Å². The van der Waals surface area contributed by atoms with Gasteiger partial charge in [0.05, 0.1) is 17.8 Å². The van der Waals surface area contributed by atoms with Crippen LogP contribution >= 0.6 is 11.6 Å². The lowest BCUT2D eigenvalue weighted by molar-refractivity contribution is -0.137. The number of aliphatic imine (C=N–C) groups is 1. The van der Waals surface area contributed by atoms with Gasteiger partial charge in [0.2, 0.25) is 11.8 Å². The van der Waals surface area contributed by atoms with Gasteiger partial charge in [-0.1, -0.05) is 11.6 Å². The Labute approximate surface area is 165 Å². The molecule has 2 heterocycles. The Bertz CT molecular complexity index is 804. The van der Waals surface area contributed by atoms with Gasteiger partial charge < -0.3 is 19.8 Å². The van der Waals surface area contributed by atoms with E-state index < -0.39 is 11.7 Å². The second kappa shape index (κ2) is 9.63. The van der Waals surface area contributed by atoms with Gasteiger partial charge >= 0.3 is 6.18 Å². The number of hydrogen-bond donors (Lipinski definition) is 2. The predicted octanol–water partition coefficient (Wildman–Crippen LogP) is 3.49. The summed E-state index contributed by atoms with van der Waals surface area (Å²) in [6.07, 6.45) is -3.83. The number of alkyl halides is 3. The van der Waals surface area contributed by atoms with Crippen LogP contribution in [0.2, 0.25) is 5.02 Å². The quantitative estimate of drug-likeness (QED) is 0.406. The van der Waals surface area contributed by atoms with Crippen LogP contribution in [0.15, 0.2) is 21.7 Å². The van der Waals surface area contributed by atoms with Crippen LogP contribution in [0.25, 0.3) is 0 Å². The van der Waals surface area contributed by atoms with Gasteiger partial charge in [0.25, 0.3) is 0 Å². The predicted molar refractivity (Wildman–Crippen MR) is 98.5 cm³/mol. The van der Waals surface area contributed by atoms with E-state index in [2.05, 4.69) is 25.6 Å². The molecule has 0 saturated carbocycles. The number of aryl methyl sites for hydroxylation is 2. The molecule has 0 saturated heterocycles. The third-order valence-corrected chi connectivity index (χ3v) is 3.83. The molecule has 154 valence electrons. The maximum Gasteiger partial charge on any atom is 0.417 e. The maximum absolute atomic E-state index is 12.6. The minimum atomic E-state index is -4.51. The molecule has 2 aromatic rings. The summed E-state index contributed by atoms with van der Waals surface area (Å²) in [6.45, 7) is 6.96. The molecule has 11 heteroatoms. The van der Waals surface area contributed by atoms with Crippen molar-refractivity contribution in [3.63, 3.8) is 0 Å². The normalized spacial score (nSPS) is 12.2. The molecule has 0 aliphatic rings. The fourth-order valence-electron chi connectivity index (χ4n) is 2.10. The van der Waals surface area contributed by atoms with Crippen molar-refractivity contribution in [3.05, 3.63) is 40.2 Å². The van der Waals surface area contributed by atoms with Gasteiger partial charge in [-0.3, -0.25) is 0 Å². The monoisotopic (exact) mass is 419 g/mol. The van der Waals surface area contributed by atoms with E-state index in [1.54, 1.807) is 0 Å². The molecule has 0 radical (unpaired) electrons. The van der Waals surface area contributed by atoms with Crippen LogP contribution in [-0.4, -0.2) is 35.6 Å². The summed E-state index contributed by atoms with van der Waals surface area (Å²) >= 11 is 5.80. The van der Waals surface area contributed by atoms with Crippen LogP contribution < -0.4 is 15.4 Å². The number of pyridine rings is 1. The van der Waals surface area contributed by atoms with Gasteiger partial charge in [-0.05, 0) is 26.8 Å². The van der Waals surface area contributed by atoms with Gasteiger partial charge in [-0.15, -0.1) is 0 Å². The van der Waals surface area contributed by atoms with E-state index in [4.69, 9.17) is 20.8 Å². The maximum atomic E-state index is 12.6. The molecule has 2 N–H and O–H groups in total. The first-order valence-electron chi connectivity index (χ1n) is 8.51. The second-order valence-electron chi connectivity index (χ2n) is 5.73. The number of nitrogens with zero attached hydrogens (tertiary/aromatic N) is 3. The molecular weight excluding hydrogens is 399 g/mol. The molecule has 0 aliphatic carbocycles. The summed E-state index contributed by atoms with van der Waals surface area (Å²) in [7, 11) is 0. The Balaban J connectivity index is 1.86. The SMILES string of the molecule is CCNC(=NCc1nc(C)c(C)o1)NCCOc1ncc(C(F)(F)F)cc1Cl. The molecule has 0 aromatic carbocycles. The van der Waals surface area contributed by atoms with Crippen molar-refractivity contribution >= 4 is 17.6 Å². The zero-order valence-electron chi connectivity index (χ0n) is 15.7. The number of aromatic nitrogens is 2. The Kier molecular flexibility index (Phi) is 7.50. The first-order chi connectivity index (χ1) is 13.2. The van der Waals surface area contributed by atoms with E-state index in [1.165, 1.54) is 0 Å². The van der Waals surface area contributed by atoms with Crippen LogP contribution in [0.3, 0.4) is 0 Å². The van der Waals surface area contributed by atoms with E-state index >= 15 is 0 Å². The number of rotatable bonds is 7. The van der Waals surface area contributed by atoms with Gasteiger partial charge in [0.15, 0.2) is 5.96 Å². The van der Waals surface area contributed by atoms with Gasteiger partial charge in [-0.2, -0.15) is 13.2 Å². The standard InChI is InChI=1S/C17H21ClF3N5O2/c1-4-22-16(25-9-14-26-10(2)11(3)28-14)23-5-6-27-15-13(18)7-12(8-24-15)17(19,20)21/h7-8H,4-6,9H2,1-3H3,(H2,22,23,25). The number of guanidine groups is 1. The van der Waals surface area contributed by atoms with Crippen LogP contribution in [0.1, 0.15) is 29.8 Å². The Morgan fingerprint density at radius 2 is 2.07 bits per heavy atom. The van der Waals surface area contributed by atoms with E-state index in [9.17, 15) is 13.2 Å². The van der Waals surface area contributed by atoms with Crippen molar-refractivity contribution in [2.75, 3.05) is 19.7 Å². The highest BCUT2D eigenvalue weighted by Crippen LogP contribution is 2.32. The van der Waals surface area contributed by atoms with Crippen LogP contribution in [0, 0.1) is 13.8 Å². The molecule has 0 unspecified atom stereocenters. The largest absolute Gasteiger partial charge is 0.475 e. The van der Waals surface area contributed by atoms with Crippen molar-refractivity contribution in [1.29, 1.82) is 0 Å². The lowest BCUT2D eigenvalue weighted by Gasteiger charge is -2.12. The average Bonchev–Trinajstić information content (AvgIpc) is 2.94. The van der Waals surface area contributed by atoms with E-state index in [0.717, 1.165) is 17.5 Å². The molecule has 2 aromatic heterocycles. The van der Waals surface area contributed by atoms with Crippen molar-refractivity contribution in [2.45, 2.75) is 33.5 Å². The zero-order chi connectivity index (χ0) is 20.7. The molecule has 0 atom stereocenters. The first kappa shape index (κ1) is 21.8. The zero-order valence-corrected chi connectivity index (χ0v) is 16.4. The van der Waals surface area contributed by atoms with Crippen LogP contribution in [0.5, 0.6) is 5.88 Å². The first-order valence-corrected chi connectivity index (χ1v) is 8.89. The minimum absolute atomic E-state index is 0.0656. The van der Waals surface area contributed by atoms with Gasteiger partial charge in [-0.25, -0.2) is 15.0 Å². The third kappa shape index (κ3) is 6.29. The molecular formula is C17H21ClF3N5O2. The van der Waals surface area contributed by atoms with Crippen molar-refractivity contribution in [2.24, 2.45) is 4.99 Å². The molecule has 0 amide bonds. The average molecular weight is 420 g/mol. The molecule has 0 bridgehead atoms. The van der Waals surface area contributed by atoms with Crippen LogP contribution in [0.4, 0.5) is 13.2 Å². The summed E-state index contributed by atoms with van der Waals surface area (Å²) < 4.78 is 48.6. The van der Waals surface area contributed by atoms with Crippen molar-refractivity contribution in [1.82, 2.24) is 20.6 Å². The van der Waals surface area contributed by atoms with Crippen molar-refractivity contribution in [3.8, 4) is 5.88 Å². The highest BCUT2D eigenvalue weighted by Gasteiger charge is 2.31. The molecule has 0 spiro atoms. The minimum Gasteiger partial charge on any atom is -0.475 e. The summed E-state index contributed by atoms with van der Waals surface area (Å²) in [5.74, 6) is 1.71. The molecule has 0 fully saturated rings. The van der Waals surface area contributed by atoms with E-state index in [1.807, 2.05) is 20.8 Å². The summed E-state index contributed by atoms with van der Waals surface area (Å²) in [5.41, 5.74) is -0.112. The van der Waals surface area contributed by atoms with Gasteiger partial charge in [0, 0.05) is 12.7 Å². The lowest BCUT2D eigenvalue weighted by atomic mass is 10.3. The second-order valence-corrected chi connectivity index (χ2v) is 6.14. The topological polar surface area (TPSA) is 84.6 Å². The summed E-state index contributed by atoms with van der Waals surface area (Å²) in [5, 5.41) is 5.88. The molecule has 2 rings (SSSR count). The number of hydrogen-bond acceptors (Lipinski definition) is 5. The smallest absolute Gasteiger partial charge is 0.417 e. The Hall–Kier alpha value is -2.49. The molecule has 0 aliphatic heterocycles. The number of nitrogens with one attached hydrogen (secondary N) is 2. The fraction of sp³-hybridized carbons (Fsp3) is 0.471. The van der Waals surface area contributed by atoms with E-state index in [0.29, 0.717) is 31.1 Å². The highest BCUT2D eigenvalue weighted by molar-refractivity contribution is 6.31.